The standard InChI is InChI=1S/C13H16N2O2/c1-3-7-14-13(16)10-8-9-5-4-6-11(17-2)12(9)15-10/h4-6,8,15H,3,7H2,1-2H3,(H,14,16). The van der Waals surface area contributed by atoms with Crippen molar-refractivity contribution in [3.05, 3.63) is 30.0 Å². The molecule has 0 unspecified atom stereocenters. The highest BCUT2D eigenvalue weighted by Gasteiger charge is 2.10. The fraction of sp³-hybridized carbons (Fsp3) is 0.308. The number of aromatic amines is 1. The maximum absolute atomic E-state index is 11.8. The van der Waals surface area contributed by atoms with Gasteiger partial charge in [-0.2, -0.15) is 0 Å². The van der Waals surface area contributed by atoms with Gasteiger partial charge in [0.05, 0.1) is 12.6 Å². The number of aromatic nitrogens is 1. The van der Waals surface area contributed by atoms with Gasteiger partial charge in [0.15, 0.2) is 0 Å². The minimum absolute atomic E-state index is 0.0786. The smallest absolute Gasteiger partial charge is 0.267 e. The number of benzene rings is 1. The van der Waals surface area contributed by atoms with Gasteiger partial charge >= 0.3 is 0 Å². The quantitative estimate of drug-likeness (QED) is 0.850. The summed E-state index contributed by atoms with van der Waals surface area (Å²) in [5.41, 5.74) is 1.43. The molecule has 1 heterocycles. The first-order valence-electron chi connectivity index (χ1n) is 5.70. The summed E-state index contributed by atoms with van der Waals surface area (Å²) in [5.74, 6) is 0.669. The molecular formula is C13H16N2O2. The van der Waals surface area contributed by atoms with E-state index < -0.39 is 0 Å². The third-order valence-electron chi connectivity index (χ3n) is 2.62. The summed E-state index contributed by atoms with van der Waals surface area (Å²) in [5, 5.41) is 3.81. The van der Waals surface area contributed by atoms with Crippen molar-refractivity contribution in [3.63, 3.8) is 0 Å². The third kappa shape index (κ3) is 2.25. The number of H-pyrrole nitrogens is 1. The Morgan fingerprint density at radius 2 is 2.29 bits per heavy atom. The van der Waals surface area contributed by atoms with Gasteiger partial charge in [-0.15, -0.1) is 0 Å². The molecule has 2 aromatic rings. The van der Waals surface area contributed by atoms with Crippen LogP contribution < -0.4 is 10.1 Å². The van der Waals surface area contributed by atoms with Crippen molar-refractivity contribution in [2.45, 2.75) is 13.3 Å². The van der Waals surface area contributed by atoms with Crippen LogP contribution in [0, 0.1) is 0 Å². The topological polar surface area (TPSA) is 54.1 Å². The van der Waals surface area contributed by atoms with Gasteiger partial charge < -0.3 is 15.0 Å². The lowest BCUT2D eigenvalue weighted by Crippen LogP contribution is -2.24. The van der Waals surface area contributed by atoms with Gasteiger partial charge in [0, 0.05) is 11.9 Å². The zero-order valence-corrected chi connectivity index (χ0v) is 10.0. The van der Waals surface area contributed by atoms with Gasteiger partial charge in [0.2, 0.25) is 0 Å². The average Bonchev–Trinajstić information content (AvgIpc) is 2.79. The van der Waals surface area contributed by atoms with E-state index in [0.717, 1.165) is 23.1 Å². The van der Waals surface area contributed by atoms with Crippen LogP contribution in [-0.2, 0) is 0 Å². The Labute approximate surface area is 100.0 Å². The minimum Gasteiger partial charge on any atom is -0.495 e. The van der Waals surface area contributed by atoms with Crippen LogP contribution >= 0.6 is 0 Å². The van der Waals surface area contributed by atoms with E-state index in [-0.39, 0.29) is 5.91 Å². The number of fused-ring (bicyclic) bond motifs is 1. The Hall–Kier alpha value is -1.97. The number of amides is 1. The molecule has 4 nitrogen and oxygen atoms in total. The van der Waals surface area contributed by atoms with E-state index in [0.29, 0.717) is 12.2 Å². The highest BCUT2D eigenvalue weighted by molar-refractivity contribution is 5.99. The van der Waals surface area contributed by atoms with Crippen LogP contribution in [0.1, 0.15) is 23.8 Å². The normalized spacial score (nSPS) is 10.5. The second kappa shape index (κ2) is 4.91. The Morgan fingerprint density at radius 3 is 3.00 bits per heavy atom. The van der Waals surface area contributed by atoms with Gasteiger partial charge in [0.25, 0.3) is 5.91 Å². The lowest BCUT2D eigenvalue weighted by Gasteiger charge is -2.01. The SMILES string of the molecule is CCCNC(=O)c1cc2cccc(OC)c2[nH]1. The molecule has 1 aromatic carbocycles. The van der Waals surface area contributed by atoms with Gasteiger partial charge in [0.1, 0.15) is 11.4 Å². The number of para-hydroxylation sites is 1. The molecule has 4 heteroatoms. The molecular weight excluding hydrogens is 216 g/mol. The molecule has 0 aliphatic heterocycles. The largest absolute Gasteiger partial charge is 0.495 e. The molecule has 0 bridgehead atoms. The number of methoxy groups -OCH3 is 1. The molecule has 0 atom stereocenters. The molecule has 1 aromatic heterocycles. The van der Waals surface area contributed by atoms with E-state index in [1.807, 2.05) is 31.2 Å². The third-order valence-corrected chi connectivity index (χ3v) is 2.62. The summed E-state index contributed by atoms with van der Waals surface area (Å²) in [6.07, 6.45) is 0.926. The van der Waals surface area contributed by atoms with Crippen LogP contribution in [0.25, 0.3) is 10.9 Å². The number of rotatable bonds is 4. The van der Waals surface area contributed by atoms with Crippen molar-refractivity contribution in [1.29, 1.82) is 0 Å². The first-order chi connectivity index (χ1) is 8.26. The van der Waals surface area contributed by atoms with Crippen LogP contribution in [0.2, 0.25) is 0 Å². The van der Waals surface area contributed by atoms with Crippen LogP contribution in [-0.4, -0.2) is 24.5 Å². The Balaban J connectivity index is 2.34. The molecule has 0 spiro atoms. The van der Waals surface area contributed by atoms with E-state index in [9.17, 15) is 4.79 Å². The van der Waals surface area contributed by atoms with Gasteiger partial charge in [-0.1, -0.05) is 19.1 Å². The number of nitrogens with one attached hydrogen (secondary N) is 2. The highest BCUT2D eigenvalue weighted by Crippen LogP contribution is 2.25. The number of hydrogen-bond acceptors (Lipinski definition) is 2. The molecule has 2 N–H and O–H groups in total. The first kappa shape index (κ1) is 11.5. The fourth-order valence-electron chi connectivity index (χ4n) is 1.75. The number of carbonyl (C=O) groups excluding carboxylic acids is 1. The van der Waals surface area contributed by atoms with Crippen LogP contribution in [0.3, 0.4) is 0 Å². The number of carbonyl (C=O) groups is 1. The van der Waals surface area contributed by atoms with Crippen molar-refractivity contribution < 1.29 is 9.53 Å². The number of ether oxygens (including phenoxy) is 1. The van der Waals surface area contributed by atoms with Crippen molar-refractivity contribution in [3.8, 4) is 5.75 Å². The fourth-order valence-corrected chi connectivity index (χ4v) is 1.75. The Kier molecular flexibility index (Phi) is 3.32. The van der Waals surface area contributed by atoms with E-state index >= 15 is 0 Å². The minimum atomic E-state index is -0.0786. The second-order valence-corrected chi connectivity index (χ2v) is 3.86. The van der Waals surface area contributed by atoms with E-state index in [1.165, 1.54) is 0 Å². The summed E-state index contributed by atoms with van der Waals surface area (Å²) < 4.78 is 5.24. The average molecular weight is 232 g/mol. The van der Waals surface area contributed by atoms with Gasteiger partial charge in [-0.05, 0) is 18.6 Å². The Morgan fingerprint density at radius 1 is 1.47 bits per heavy atom. The molecule has 1 amide bonds. The Bertz CT molecular complexity index is 531. The zero-order valence-electron chi connectivity index (χ0n) is 10.0. The van der Waals surface area contributed by atoms with Crippen molar-refractivity contribution in [1.82, 2.24) is 10.3 Å². The molecule has 0 saturated carbocycles. The van der Waals surface area contributed by atoms with Crippen LogP contribution in [0.15, 0.2) is 24.3 Å². The van der Waals surface area contributed by atoms with E-state index in [4.69, 9.17) is 4.74 Å². The zero-order chi connectivity index (χ0) is 12.3. The van der Waals surface area contributed by atoms with Gasteiger partial charge in [-0.3, -0.25) is 4.79 Å². The summed E-state index contributed by atoms with van der Waals surface area (Å²) >= 11 is 0. The predicted molar refractivity (Wildman–Crippen MR) is 67.5 cm³/mol. The maximum Gasteiger partial charge on any atom is 0.267 e. The highest BCUT2D eigenvalue weighted by atomic mass is 16.5. The lowest BCUT2D eigenvalue weighted by atomic mass is 10.2. The molecule has 2 rings (SSSR count). The molecule has 90 valence electrons. The molecule has 0 fully saturated rings. The first-order valence-corrected chi connectivity index (χ1v) is 5.70. The van der Waals surface area contributed by atoms with Gasteiger partial charge in [-0.25, -0.2) is 0 Å². The molecule has 0 saturated heterocycles. The van der Waals surface area contributed by atoms with Crippen molar-refractivity contribution >= 4 is 16.8 Å². The van der Waals surface area contributed by atoms with E-state index in [2.05, 4.69) is 10.3 Å². The summed E-state index contributed by atoms with van der Waals surface area (Å²) in [6.45, 7) is 2.71. The van der Waals surface area contributed by atoms with Crippen molar-refractivity contribution in [2.75, 3.05) is 13.7 Å². The van der Waals surface area contributed by atoms with Crippen molar-refractivity contribution in [2.24, 2.45) is 0 Å². The lowest BCUT2D eigenvalue weighted by molar-refractivity contribution is 0.0949. The maximum atomic E-state index is 11.8. The molecule has 0 aliphatic rings. The van der Waals surface area contributed by atoms with E-state index in [1.54, 1.807) is 7.11 Å². The van der Waals surface area contributed by atoms with Crippen LogP contribution in [0.4, 0.5) is 0 Å². The summed E-state index contributed by atoms with van der Waals surface area (Å²) in [7, 11) is 1.62. The van der Waals surface area contributed by atoms with Crippen LogP contribution in [0.5, 0.6) is 5.75 Å². The predicted octanol–water partition coefficient (Wildman–Crippen LogP) is 2.32. The monoisotopic (exact) mass is 232 g/mol. The molecule has 0 aliphatic carbocycles. The summed E-state index contributed by atoms with van der Waals surface area (Å²) in [6, 6.07) is 7.56. The summed E-state index contributed by atoms with van der Waals surface area (Å²) in [4.78, 5) is 14.9. The second-order valence-electron chi connectivity index (χ2n) is 3.86. The molecule has 17 heavy (non-hydrogen) atoms. The molecule has 0 radical (unpaired) electrons. The number of hydrogen-bond donors (Lipinski definition) is 2.